The summed E-state index contributed by atoms with van der Waals surface area (Å²) in [5.74, 6) is -0.710. The lowest BCUT2D eigenvalue weighted by Crippen LogP contribution is -2.18. The highest BCUT2D eigenvalue weighted by molar-refractivity contribution is 9.10. The first-order chi connectivity index (χ1) is 9.06. The zero-order valence-corrected chi connectivity index (χ0v) is 11.9. The summed E-state index contributed by atoms with van der Waals surface area (Å²) in [5, 5.41) is 6.62. The lowest BCUT2D eigenvalue weighted by atomic mass is 10.2. The molecule has 1 amide bonds. The molecule has 1 heterocycles. The number of aromatic nitrogens is 2. The molecule has 0 bridgehead atoms. The molecule has 1 aromatic heterocycles. The van der Waals surface area contributed by atoms with E-state index < -0.39 is 5.82 Å². The maximum Gasteiger partial charge on any atom is 0.226 e. The van der Waals surface area contributed by atoms with Crippen molar-refractivity contribution in [3.05, 3.63) is 46.9 Å². The Bertz CT molecular complexity index is 571. The lowest BCUT2D eigenvalue weighted by molar-refractivity contribution is -0.116. The van der Waals surface area contributed by atoms with Gasteiger partial charge in [-0.15, -0.1) is 0 Å². The Kier molecular flexibility index (Phi) is 4.31. The third-order valence-corrected chi connectivity index (χ3v) is 3.16. The molecule has 0 aliphatic heterocycles. The van der Waals surface area contributed by atoms with Crippen LogP contribution in [0.2, 0.25) is 0 Å². The van der Waals surface area contributed by atoms with E-state index in [1.165, 1.54) is 12.1 Å². The quantitative estimate of drug-likeness (QED) is 0.936. The summed E-state index contributed by atoms with van der Waals surface area (Å²) >= 11 is 3.16. The average Bonchev–Trinajstić information content (AvgIpc) is 2.86. The molecule has 0 radical (unpaired) electrons. The summed E-state index contributed by atoms with van der Waals surface area (Å²) in [6, 6.07) is 6.23. The van der Waals surface area contributed by atoms with Crippen LogP contribution in [-0.2, 0) is 4.79 Å². The predicted molar refractivity (Wildman–Crippen MR) is 74.3 cm³/mol. The van der Waals surface area contributed by atoms with Crippen LogP contribution in [0.4, 0.5) is 10.1 Å². The number of hydrogen-bond donors (Lipinski definition) is 1. The fourth-order valence-electron chi connectivity index (χ4n) is 1.70. The number of amides is 1. The predicted octanol–water partition coefficient (Wildman–Crippen LogP) is 3.37. The Morgan fingerprint density at radius 2 is 2.37 bits per heavy atom. The van der Waals surface area contributed by atoms with Crippen molar-refractivity contribution in [1.82, 2.24) is 9.78 Å². The van der Waals surface area contributed by atoms with Gasteiger partial charge in [0, 0.05) is 23.3 Å². The van der Waals surface area contributed by atoms with Crippen LogP contribution >= 0.6 is 15.9 Å². The molecule has 100 valence electrons. The molecule has 6 heteroatoms. The fourth-order valence-corrected chi connectivity index (χ4v) is 2.03. The maximum atomic E-state index is 13.6. The molecular weight excluding hydrogens is 313 g/mol. The van der Waals surface area contributed by atoms with Crippen LogP contribution in [-0.4, -0.2) is 15.7 Å². The van der Waals surface area contributed by atoms with Crippen molar-refractivity contribution < 1.29 is 9.18 Å². The third-order valence-electron chi connectivity index (χ3n) is 2.66. The van der Waals surface area contributed by atoms with Crippen molar-refractivity contribution in [3.8, 4) is 0 Å². The largest absolute Gasteiger partial charge is 0.324 e. The average molecular weight is 326 g/mol. The minimum Gasteiger partial charge on any atom is -0.324 e. The van der Waals surface area contributed by atoms with Gasteiger partial charge in [-0.05, 0) is 31.2 Å². The number of nitrogens with one attached hydrogen (secondary N) is 1. The van der Waals surface area contributed by atoms with Crippen LogP contribution in [0.1, 0.15) is 19.4 Å². The van der Waals surface area contributed by atoms with Gasteiger partial charge >= 0.3 is 0 Å². The van der Waals surface area contributed by atoms with E-state index in [0.29, 0.717) is 4.47 Å². The zero-order valence-electron chi connectivity index (χ0n) is 10.3. The van der Waals surface area contributed by atoms with Gasteiger partial charge in [0.15, 0.2) is 0 Å². The number of anilines is 1. The Morgan fingerprint density at radius 1 is 1.58 bits per heavy atom. The summed E-state index contributed by atoms with van der Waals surface area (Å²) in [6.07, 6.45) is 3.68. The van der Waals surface area contributed by atoms with Crippen LogP contribution in [0.5, 0.6) is 0 Å². The third kappa shape index (κ3) is 3.64. The molecule has 0 fully saturated rings. The van der Waals surface area contributed by atoms with Gasteiger partial charge in [-0.2, -0.15) is 5.10 Å². The minimum absolute atomic E-state index is 0.0755. The van der Waals surface area contributed by atoms with Crippen molar-refractivity contribution in [3.63, 3.8) is 0 Å². The van der Waals surface area contributed by atoms with Crippen LogP contribution in [0.3, 0.4) is 0 Å². The van der Waals surface area contributed by atoms with Gasteiger partial charge in [0.2, 0.25) is 5.91 Å². The molecule has 1 atom stereocenters. The van der Waals surface area contributed by atoms with Gasteiger partial charge in [0.1, 0.15) is 5.82 Å². The van der Waals surface area contributed by atoms with E-state index in [-0.39, 0.29) is 24.1 Å². The van der Waals surface area contributed by atoms with Gasteiger partial charge in [-0.25, -0.2) is 4.39 Å². The molecular formula is C13H13BrFN3O. The van der Waals surface area contributed by atoms with Crippen LogP contribution < -0.4 is 5.32 Å². The van der Waals surface area contributed by atoms with E-state index >= 15 is 0 Å². The van der Waals surface area contributed by atoms with E-state index in [2.05, 4.69) is 26.3 Å². The number of rotatable bonds is 4. The van der Waals surface area contributed by atoms with Crippen molar-refractivity contribution >= 4 is 27.5 Å². The number of benzene rings is 1. The van der Waals surface area contributed by atoms with Crippen molar-refractivity contribution in [2.75, 3.05) is 5.32 Å². The first-order valence-electron chi connectivity index (χ1n) is 5.80. The Balaban J connectivity index is 1.98. The Morgan fingerprint density at radius 3 is 3.00 bits per heavy atom. The second-order valence-electron chi connectivity index (χ2n) is 4.21. The number of carbonyl (C=O) groups is 1. The molecule has 1 N–H and O–H groups in total. The molecule has 0 unspecified atom stereocenters. The van der Waals surface area contributed by atoms with Crippen molar-refractivity contribution in [2.24, 2.45) is 0 Å². The summed E-state index contributed by atoms with van der Waals surface area (Å²) in [4.78, 5) is 11.8. The number of carbonyl (C=O) groups excluding carboxylic acids is 1. The van der Waals surface area contributed by atoms with E-state index in [1.807, 2.05) is 6.92 Å². The smallest absolute Gasteiger partial charge is 0.226 e. The molecule has 19 heavy (non-hydrogen) atoms. The molecule has 0 aliphatic carbocycles. The number of halogens is 2. The molecule has 1 aromatic carbocycles. The van der Waals surface area contributed by atoms with E-state index in [0.717, 1.165) is 0 Å². The lowest BCUT2D eigenvalue weighted by Gasteiger charge is -2.12. The Labute approximate surface area is 118 Å². The summed E-state index contributed by atoms with van der Waals surface area (Å²) < 4.78 is 15.9. The topological polar surface area (TPSA) is 46.9 Å². The highest BCUT2D eigenvalue weighted by Gasteiger charge is 2.12. The van der Waals surface area contributed by atoms with E-state index in [9.17, 15) is 9.18 Å². The molecule has 0 saturated carbocycles. The molecule has 0 saturated heterocycles. The van der Waals surface area contributed by atoms with Gasteiger partial charge in [-0.3, -0.25) is 9.48 Å². The van der Waals surface area contributed by atoms with Gasteiger partial charge in [0.25, 0.3) is 0 Å². The second kappa shape index (κ2) is 5.97. The first kappa shape index (κ1) is 13.7. The summed E-state index contributed by atoms with van der Waals surface area (Å²) in [6.45, 7) is 1.88. The van der Waals surface area contributed by atoms with Crippen LogP contribution in [0.25, 0.3) is 0 Å². The summed E-state index contributed by atoms with van der Waals surface area (Å²) in [5.41, 5.74) is 0.181. The van der Waals surface area contributed by atoms with Crippen molar-refractivity contribution in [2.45, 2.75) is 19.4 Å². The molecule has 4 nitrogen and oxygen atoms in total. The normalized spacial score (nSPS) is 12.2. The van der Waals surface area contributed by atoms with Crippen LogP contribution in [0.15, 0.2) is 41.1 Å². The van der Waals surface area contributed by atoms with Crippen molar-refractivity contribution in [1.29, 1.82) is 0 Å². The second-order valence-corrected chi connectivity index (χ2v) is 5.13. The fraction of sp³-hybridized carbons (Fsp3) is 0.231. The monoisotopic (exact) mass is 325 g/mol. The Hall–Kier alpha value is -1.69. The molecule has 2 aromatic rings. The highest BCUT2D eigenvalue weighted by Crippen LogP contribution is 2.20. The number of hydrogen-bond acceptors (Lipinski definition) is 2. The van der Waals surface area contributed by atoms with E-state index in [4.69, 9.17) is 0 Å². The van der Waals surface area contributed by atoms with E-state index in [1.54, 1.807) is 29.2 Å². The maximum absolute atomic E-state index is 13.6. The molecule has 0 spiro atoms. The number of nitrogens with zero attached hydrogens (tertiary/aromatic N) is 2. The SMILES string of the molecule is C[C@@H](CC(=O)Nc1ccc(Br)cc1F)n1cccn1. The molecule has 0 aliphatic rings. The van der Waals surface area contributed by atoms with Gasteiger partial charge < -0.3 is 5.32 Å². The summed E-state index contributed by atoms with van der Waals surface area (Å²) in [7, 11) is 0. The van der Waals surface area contributed by atoms with Gasteiger partial charge in [0.05, 0.1) is 11.7 Å². The highest BCUT2D eigenvalue weighted by atomic mass is 79.9. The zero-order chi connectivity index (χ0) is 13.8. The van der Waals surface area contributed by atoms with Gasteiger partial charge in [-0.1, -0.05) is 15.9 Å². The first-order valence-corrected chi connectivity index (χ1v) is 6.59. The minimum atomic E-state index is -0.463. The molecule has 2 rings (SSSR count). The van der Waals surface area contributed by atoms with Crippen LogP contribution in [0, 0.1) is 5.82 Å². The standard InChI is InChI=1S/C13H13BrFN3O/c1-9(18-6-2-5-16-18)7-13(19)17-12-4-3-10(14)8-11(12)15/h2-6,8-9H,7H2,1H3,(H,17,19)/t9-/m0/s1.